The molecule has 1 aliphatic rings. The van der Waals surface area contributed by atoms with E-state index in [-0.39, 0.29) is 11.9 Å². The minimum absolute atomic E-state index is 0.0244. The minimum Gasteiger partial charge on any atom is -0.361 e. The average molecular weight is 478 g/mol. The van der Waals surface area contributed by atoms with Gasteiger partial charge in [0.05, 0.1) is 0 Å². The van der Waals surface area contributed by atoms with Gasteiger partial charge >= 0.3 is 0 Å². The van der Waals surface area contributed by atoms with Gasteiger partial charge in [-0.05, 0) is 41.8 Å². The molecule has 1 amide bonds. The Morgan fingerprint density at radius 1 is 0.939 bits per heavy atom. The van der Waals surface area contributed by atoms with E-state index in [4.69, 9.17) is 23.2 Å². The van der Waals surface area contributed by atoms with Crippen molar-refractivity contribution in [3.8, 4) is 0 Å². The van der Waals surface area contributed by atoms with Crippen LogP contribution in [0.15, 0.2) is 79.0 Å². The molecule has 0 bridgehead atoms. The normalized spacial score (nSPS) is 16.9. The van der Waals surface area contributed by atoms with Crippen LogP contribution in [-0.2, 0) is 13.0 Å². The molecular weight excluding hydrogens is 453 g/mol. The number of hydrogen-bond acceptors (Lipinski definition) is 2. The number of halogens is 2. The van der Waals surface area contributed by atoms with E-state index in [1.54, 1.807) is 18.2 Å². The van der Waals surface area contributed by atoms with Crippen molar-refractivity contribution in [1.29, 1.82) is 0 Å². The Morgan fingerprint density at radius 3 is 2.45 bits per heavy atom. The third-order valence-corrected chi connectivity index (χ3v) is 6.75. The molecule has 4 nitrogen and oxygen atoms in total. The zero-order chi connectivity index (χ0) is 22.8. The van der Waals surface area contributed by atoms with Crippen LogP contribution >= 0.6 is 23.2 Å². The quantitative estimate of drug-likeness (QED) is 0.380. The molecule has 1 aliphatic heterocycles. The molecule has 6 heteroatoms. The minimum atomic E-state index is -0.0244. The van der Waals surface area contributed by atoms with E-state index in [1.165, 1.54) is 16.5 Å². The maximum absolute atomic E-state index is 13.6. The van der Waals surface area contributed by atoms with Crippen molar-refractivity contribution in [2.75, 3.05) is 19.6 Å². The molecule has 33 heavy (non-hydrogen) atoms. The van der Waals surface area contributed by atoms with Crippen molar-refractivity contribution < 1.29 is 4.79 Å². The Hall–Kier alpha value is -2.79. The zero-order valence-corrected chi connectivity index (χ0v) is 19.7. The van der Waals surface area contributed by atoms with Crippen molar-refractivity contribution in [2.24, 2.45) is 0 Å². The van der Waals surface area contributed by atoms with E-state index in [1.807, 2.05) is 17.0 Å². The summed E-state index contributed by atoms with van der Waals surface area (Å²) in [5, 5.41) is 2.15. The Morgan fingerprint density at radius 2 is 1.67 bits per heavy atom. The first-order valence-electron chi connectivity index (χ1n) is 11.1. The fourth-order valence-corrected chi connectivity index (χ4v) is 5.27. The Balaban J connectivity index is 1.43. The summed E-state index contributed by atoms with van der Waals surface area (Å²) >= 11 is 12.4. The maximum atomic E-state index is 13.6. The number of aromatic nitrogens is 1. The van der Waals surface area contributed by atoms with Gasteiger partial charge in [-0.25, -0.2) is 0 Å². The molecule has 0 spiro atoms. The molecule has 0 aliphatic carbocycles. The van der Waals surface area contributed by atoms with Gasteiger partial charge in [0.15, 0.2) is 0 Å². The van der Waals surface area contributed by atoms with E-state index in [2.05, 4.69) is 58.5 Å². The number of H-pyrrole nitrogens is 1. The molecule has 168 valence electrons. The molecule has 0 unspecified atom stereocenters. The highest BCUT2D eigenvalue weighted by molar-refractivity contribution is 6.35. The van der Waals surface area contributed by atoms with Crippen LogP contribution in [0.25, 0.3) is 10.9 Å². The lowest BCUT2D eigenvalue weighted by molar-refractivity contribution is 0.0439. The van der Waals surface area contributed by atoms with Crippen molar-refractivity contribution in [2.45, 2.75) is 19.0 Å². The molecular formula is C27H25Cl2N3O. The third-order valence-electron chi connectivity index (χ3n) is 6.32. The number of carbonyl (C=O) groups excluding carboxylic acids is 1. The standard InChI is InChI=1S/C27H25Cl2N3O/c28-22-12-20(13-23(29)15-22)27(33)32-11-10-31(17-19-6-2-1-3-7-19)18-24(32)14-21-16-30-26-9-5-4-8-25(21)26/h1-9,12-13,15-16,24,30H,10-11,14,17-18H2/t24-/m1/s1. The van der Waals surface area contributed by atoms with Crippen LogP contribution in [0.1, 0.15) is 21.5 Å². The summed E-state index contributed by atoms with van der Waals surface area (Å²) in [4.78, 5) is 21.3. The van der Waals surface area contributed by atoms with Gasteiger partial charge in [0.1, 0.15) is 0 Å². The second kappa shape index (κ2) is 9.60. The fraction of sp³-hybridized carbons (Fsp3) is 0.222. The highest BCUT2D eigenvalue weighted by Gasteiger charge is 2.32. The largest absolute Gasteiger partial charge is 0.361 e. The molecule has 1 saturated heterocycles. The molecule has 1 aromatic heterocycles. The summed E-state index contributed by atoms with van der Waals surface area (Å²) in [6.45, 7) is 3.15. The average Bonchev–Trinajstić information content (AvgIpc) is 3.22. The van der Waals surface area contributed by atoms with Crippen LogP contribution in [0.3, 0.4) is 0 Å². The number of nitrogens with zero attached hydrogens (tertiary/aromatic N) is 2. The molecule has 3 aromatic carbocycles. The number of hydrogen-bond donors (Lipinski definition) is 1. The third kappa shape index (κ3) is 4.93. The summed E-state index contributed by atoms with van der Waals surface area (Å²) in [6.07, 6.45) is 2.84. The van der Waals surface area contributed by atoms with Gasteiger partial charge in [0, 0.05) is 64.9 Å². The Bertz CT molecular complexity index is 1250. The number of fused-ring (bicyclic) bond motifs is 1. The summed E-state index contributed by atoms with van der Waals surface area (Å²) in [5.41, 5.74) is 4.15. The van der Waals surface area contributed by atoms with Crippen molar-refractivity contribution in [1.82, 2.24) is 14.8 Å². The van der Waals surface area contributed by atoms with Crippen LogP contribution < -0.4 is 0 Å². The summed E-state index contributed by atoms with van der Waals surface area (Å²) < 4.78 is 0. The van der Waals surface area contributed by atoms with Crippen molar-refractivity contribution >= 4 is 40.0 Å². The molecule has 0 radical (unpaired) electrons. The Labute approximate surface area is 203 Å². The summed E-state index contributed by atoms with van der Waals surface area (Å²) in [6, 6.07) is 23.9. The van der Waals surface area contributed by atoms with Gasteiger partial charge in [-0.15, -0.1) is 0 Å². The van der Waals surface area contributed by atoms with Crippen molar-refractivity contribution in [3.63, 3.8) is 0 Å². The number of piperazine rings is 1. The van der Waals surface area contributed by atoms with Gasteiger partial charge in [0.2, 0.25) is 0 Å². The van der Waals surface area contributed by atoms with E-state index >= 15 is 0 Å². The van der Waals surface area contributed by atoms with Gasteiger partial charge in [-0.1, -0.05) is 71.7 Å². The first-order chi connectivity index (χ1) is 16.1. The predicted octanol–water partition coefficient (Wildman–Crippen LogP) is 6.04. The lowest BCUT2D eigenvalue weighted by Crippen LogP contribution is -2.55. The first-order valence-corrected chi connectivity index (χ1v) is 11.9. The highest BCUT2D eigenvalue weighted by Crippen LogP contribution is 2.26. The van der Waals surface area contributed by atoms with E-state index < -0.39 is 0 Å². The monoisotopic (exact) mass is 477 g/mol. The molecule has 1 fully saturated rings. The number of para-hydroxylation sites is 1. The van der Waals surface area contributed by atoms with Gasteiger partial charge < -0.3 is 9.88 Å². The smallest absolute Gasteiger partial charge is 0.254 e. The van der Waals surface area contributed by atoms with Crippen molar-refractivity contribution in [3.05, 3.63) is 106 Å². The predicted molar refractivity (Wildman–Crippen MR) is 135 cm³/mol. The van der Waals surface area contributed by atoms with E-state index in [0.29, 0.717) is 22.2 Å². The van der Waals surface area contributed by atoms with E-state index in [0.717, 1.165) is 31.6 Å². The molecule has 2 heterocycles. The highest BCUT2D eigenvalue weighted by atomic mass is 35.5. The van der Waals surface area contributed by atoms with Crippen LogP contribution in [0.5, 0.6) is 0 Å². The number of rotatable bonds is 5. The second-order valence-corrected chi connectivity index (χ2v) is 9.47. The number of amides is 1. The molecule has 1 atom stereocenters. The first kappa shape index (κ1) is 22.0. The molecule has 0 saturated carbocycles. The van der Waals surface area contributed by atoms with Gasteiger partial charge in [0.25, 0.3) is 5.91 Å². The maximum Gasteiger partial charge on any atom is 0.254 e. The zero-order valence-electron chi connectivity index (χ0n) is 18.2. The summed E-state index contributed by atoms with van der Waals surface area (Å²) in [7, 11) is 0. The van der Waals surface area contributed by atoms with Crippen LogP contribution in [0.2, 0.25) is 10.0 Å². The SMILES string of the molecule is O=C(c1cc(Cl)cc(Cl)c1)N1CCN(Cc2ccccc2)C[C@H]1Cc1c[nH]c2ccccc12. The number of carbonyl (C=O) groups is 1. The second-order valence-electron chi connectivity index (χ2n) is 8.59. The van der Waals surface area contributed by atoms with Gasteiger partial charge in [-0.2, -0.15) is 0 Å². The number of benzene rings is 3. The summed E-state index contributed by atoms with van der Waals surface area (Å²) in [5.74, 6) is -0.0244. The number of nitrogens with one attached hydrogen (secondary N) is 1. The van der Waals surface area contributed by atoms with Gasteiger partial charge in [-0.3, -0.25) is 9.69 Å². The number of aromatic amines is 1. The van der Waals surface area contributed by atoms with Crippen LogP contribution in [-0.4, -0.2) is 46.4 Å². The molecule has 1 N–H and O–H groups in total. The lowest BCUT2D eigenvalue weighted by atomic mass is 10.00. The molecule has 4 aromatic rings. The lowest BCUT2D eigenvalue weighted by Gasteiger charge is -2.41. The van der Waals surface area contributed by atoms with Crippen LogP contribution in [0.4, 0.5) is 0 Å². The van der Waals surface area contributed by atoms with E-state index in [9.17, 15) is 4.79 Å². The fourth-order valence-electron chi connectivity index (χ4n) is 4.74. The Kier molecular flexibility index (Phi) is 6.41. The molecule has 5 rings (SSSR count). The topological polar surface area (TPSA) is 39.3 Å². The van der Waals surface area contributed by atoms with Crippen LogP contribution in [0, 0.1) is 0 Å².